The van der Waals surface area contributed by atoms with E-state index in [2.05, 4.69) is 81.1 Å². The topological polar surface area (TPSA) is 40.8 Å². The van der Waals surface area contributed by atoms with Crippen LogP contribution >= 0.6 is 0 Å². The second kappa shape index (κ2) is 6.49. The minimum atomic E-state index is 0.408. The highest BCUT2D eigenvalue weighted by atomic mass is 16.5. The molecule has 0 unspecified atom stereocenters. The predicted molar refractivity (Wildman–Crippen MR) is 115 cm³/mol. The Morgan fingerprint density at radius 2 is 1.67 bits per heavy atom. The fraction of sp³-hybridized carbons (Fsp3) is 0.333. The SMILES string of the molecule is COc1c(-c2[nH]c3c(C)cccc3c2C(C)C)ccc2c(C(C)C)c[nH]c12. The van der Waals surface area contributed by atoms with E-state index >= 15 is 0 Å². The lowest BCUT2D eigenvalue weighted by atomic mass is 9.94. The number of fused-ring (bicyclic) bond motifs is 2. The molecule has 2 N–H and O–H groups in total. The van der Waals surface area contributed by atoms with Gasteiger partial charge < -0.3 is 14.7 Å². The van der Waals surface area contributed by atoms with Crippen molar-refractivity contribution in [3.63, 3.8) is 0 Å². The van der Waals surface area contributed by atoms with E-state index in [1.165, 1.54) is 33.0 Å². The van der Waals surface area contributed by atoms with Crippen molar-refractivity contribution >= 4 is 21.8 Å². The zero-order valence-electron chi connectivity index (χ0n) is 17.0. The average Bonchev–Trinajstić information content (AvgIpc) is 3.23. The zero-order valence-corrected chi connectivity index (χ0v) is 17.0. The standard InChI is InChI=1S/C24H28N2O/c1-13(2)19-12-25-23-16(19)10-11-18(24(23)27-6)22-20(14(3)4)17-9-7-8-15(5)21(17)26-22/h7-14,25-26H,1-6H3. The number of H-pyrrole nitrogens is 2. The summed E-state index contributed by atoms with van der Waals surface area (Å²) < 4.78 is 5.92. The van der Waals surface area contributed by atoms with Crippen LogP contribution in [0, 0.1) is 6.92 Å². The minimum Gasteiger partial charge on any atom is -0.494 e. The second-order valence-electron chi connectivity index (χ2n) is 8.03. The summed E-state index contributed by atoms with van der Waals surface area (Å²) in [5, 5.41) is 2.54. The number of nitrogens with one attached hydrogen (secondary N) is 2. The second-order valence-corrected chi connectivity index (χ2v) is 8.03. The molecule has 2 aromatic carbocycles. The quantitative estimate of drug-likeness (QED) is 0.409. The number of aromatic nitrogens is 2. The van der Waals surface area contributed by atoms with Crippen LogP contribution in [0.1, 0.15) is 56.2 Å². The van der Waals surface area contributed by atoms with E-state index in [4.69, 9.17) is 4.74 Å². The van der Waals surface area contributed by atoms with E-state index in [1.54, 1.807) is 7.11 Å². The molecule has 2 heterocycles. The normalized spacial score (nSPS) is 12.0. The van der Waals surface area contributed by atoms with Crippen molar-refractivity contribution in [1.29, 1.82) is 0 Å². The number of hydrogen-bond acceptors (Lipinski definition) is 1. The van der Waals surface area contributed by atoms with Crippen molar-refractivity contribution in [2.24, 2.45) is 0 Å². The molecule has 4 aromatic rings. The lowest BCUT2D eigenvalue weighted by Gasteiger charge is -2.13. The Labute approximate surface area is 160 Å². The van der Waals surface area contributed by atoms with E-state index in [-0.39, 0.29) is 0 Å². The summed E-state index contributed by atoms with van der Waals surface area (Å²) in [5.74, 6) is 1.78. The molecule has 0 spiro atoms. The molecule has 4 rings (SSSR count). The maximum absolute atomic E-state index is 5.92. The summed E-state index contributed by atoms with van der Waals surface area (Å²) in [6.07, 6.45) is 2.11. The largest absolute Gasteiger partial charge is 0.494 e. The molecule has 0 saturated carbocycles. The van der Waals surface area contributed by atoms with Gasteiger partial charge in [-0.05, 0) is 41.5 Å². The van der Waals surface area contributed by atoms with Gasteiger partial charge in [0.1, 0.15) is 0 Å². The van der Waals surface area contributed by atoms with Gasteiger partial charge in [-0.2, -0.15) is 0 Å². The van der Waals surface area contributed by atoms with E-state index in [0.29, 0.717) is 11.8 Å². The molecular weight excluding hydrogens is 332 g/mol. The number of aryl methyl sites for hydroxylation is 1. The van der Waals surface area contributed by atoms with Crippen LogP contribution in [0.25, 0.3) is 33.1 Å². The van der Waals surface area contributed by atoms with Gasteiger partial charge in [-0.25, -0.2) is 0 Å². The molecule has 3 heteroatoms. The summed E-state index contributed by atoms with van der Waals surface area (Å²) in [6.45, 7) is 11.1. The van der Waals surface area contributed by atoms with Gasteiger partial charge in [0.25, 0.3) is 0 Å². The molecule has 0 fully saturated rings. The van der Waals surface area contributed by atoms with Crippen molar-refractivity contribution in [2.75, 3.05) is 7.11 Å². The summed E-state index contributed by atoms with van der Waals surface area (Å²) in [5.41, 5.74) is 8.50. The van der Waals surface area contributed by atoms with E-state index < -0.39 is 0 Å². The van der Waals surface area contributed by atoms with Crippen LogP contribution < -0.4 is 4.74 Å². The van der Waals surface area contributed by atoms with E-state index in [1.807, 2.05) is 0 Å². The number of ether oxygens (including phenoxy) is 1. The first-order valence-electron chi connectivity index (χ1n) is 9.73. The van der Waals surface area contributed by atoms with Gasteiger partial charge in [-0.1, -0.05) is 52.0 Å². The van der Waals surface area contributed by atoms with Gasteiger partial charge in [-0.15, -0.1) is 0 Å². The molecule has 0 aliphatic carbocycles. The van der Waals surface area contributed by atoms with Crippen LogP contribution in [0.5, 0.6) is 5.75 Å². The highest BCUT2D eigenvalue weighted by Gasteiger charge is 2.22. The first-order chi connectivity index (χ1) is 12.9. The lowest BCUT2D eigenvalue weighted by Crippen LogP contribution is -1.94. The van der Waals surface area contributed by atoms with Crippen LogP contribution in [0.2, 0.25) is 0 Å². The molecule has 27 heavy (non-hydrogen) atoms. The van der Waals surface area contributed by atoms with Gasteiger partial charge in [0.2, 0.25) is 0 Å². The fourth-order valence-electron chi connectivity index (χ4n) is 4.28. The Morgan fingerprint density at radius 3 is 2.33 bits per heavy atom. The third-order valence-corrected chi connectivity index (χ3v) is 5.60. The Morgan fingerprint density at radius 1 is 0.889 bits per heavy atom. The van der Waals surface area contributed by atoms with Crippen molar-refractivity contribution in [2.45, 2.75) is 46.5 Å². The molecule has 0 amide bonds. The summed E-state index contributed by atoms with van der Waals surface area (Å²) in [4.78, 5) is 7.16. The summed E-state index contributed by atoms with van der Waals surface area (Å²) >= 11 is 0. The van der Waals surface area contributed by atoms with E-state index in [9.17, 15) is 0 Å². The molecule has 0 radical (unpaired) electrons. The van der Waals surface area contributed by atoms with Crippen molar-refractivity contribution in [3.8, 4) is 17.0 Å². The van der Waals surface area contributed by atoms with Crippen LogP contribution in [-0.4, -0.2) is 17.1 Å². The van der Waals surface area contributed by atoms with Crippen molar-refractivity contribution in [1.82, 2.24) is 9.97 Å². The number of benzene rings is 2. The number of rotatable bonds is 4. The van der Waals surface area contributed by atoms with Gasteiger partial charge in [0.15, 0.2) is 5.75 Å². The molecule has 0 bridgehead atoms. The number of methoxy groups -OCH3 is 1. The van der Waals surface area contributed by atoms with Gasteiger partial charge in [-0.3, -0.25) is 0 Å². The van der Waals surface area contributed by atoms with Crippen molar-refractivity contribution in [3.05, 3.63) is 53.2 Å². The van der Waals surface area contributed by atoms with Crippen LogP contribution in [0.15, 0.2) is 36.5 Å². The zero-order chi connectivity index (χ0) is 19.3. The summed E-state index contributed by atoms with van der Waals surface area (Å²) in [6, 6.07) is 10.9. The molecule has 2 aromatic heterocycles. The third-order valence-electron chi connectivity index (χ3n) is 5.60. The predicted octanol–water partition coefficient (Wildman–Crippen LogP) is 6.88. The van der Waals surface area contributed by atoms with Gasteiger partial charge >= 0.3 is 0 Å². The average molecular weight is 361 g/mol. The first kappa shape index (κ1) is 17.7. The molecule has 0 aliphatic heterocycles. The lowest BCUT2D eigenvalue weighted by molar-refractivity contribution is 0.420. The molecule has 0 saturated heterocycles. The van der Waals surface area contributed by atoms with Crippen LogP contribution in [0.3, 0.4) is 0 Å². The highest BCUT2D eigenvalue weighted by molar-refractivity contribution is 5.99. The molecule has 140 valence electrons. The smallest absolute Gasteiger partial charge is 0.152 e. The van der Waals surface area contributed by atoms with E-state index in [0.717, 1.165) is 22.5 Å². The molecular formula is C24H28N2O. The number of aromatic amines is 2. The minimum absolute atomic E-state index is 0.408. The third kappa shape index (κ3) is 2.64. The highest BCUT2D eigenvalue weighted by Crippen LogP contribution is 2.43. The van der Waals surface area contributed by atoms with Crippen molar-refractivity contribution < 1.29 is 4.74 Å². The Kier molecular flexibility index (Phi) is 4.26. The fourth-order valence-corrected chi connectivity index (χ4v) is 4.28. The number of para-hydroxylation sites is 1. The maximum atomic E-state index is 5.92. The van der Waals surface area contributed by atoms with Gasteiger partial charge in [0, 0.05) is 28.0 Å². The van der Waals surface area contributed by atoms with Gasteiger partial charge in [0.05, 0.1) is 18.3 Å². The maximum Gasteiger partial charge on any atom is 0.152 e. The van der Waals surface area contributed by atoms with Crippen LogP contribution in [-0.2, 0) is 0 Å². The Hall–Kier alpha value is -2.68. The first-order valence-corrected chi connectivity index (χ1v) is 9.73. The molecule has 3 nitrogen and oxygen atoms in total. The van der Waals surface area contributed by atoms with Crippen LogP contribution in [0.4, 0.5) is 0 Å². The number of hydrogen-bond donors (Lipinski definition) is 2. The Bertz CT molecular complexity index is 1130. The molecule has 0 aliphatic rings. The monoisotopic (exact) mass is 360 g/mol. The Balaban J connectivity index is 2.05. The molecule has 0 atom stereocenters. The summed E-state index contributed by atoms with van der Waals surface area (Å²) in [7, 11) is 1.76.